The lowest BCUT2D eigenvalue weighted by atomic mass is 10.00. The van der Waals surface area contributed by atoms with Gasteiger partial charge < -0.3 is 15.1 Å². The van der Waals surface area contributed by atoms with E-state index in [9.17, 15) is 0 Å². The topological polar surface area (TPSA) is 58.0 Å². The first-order valence-electron chi connectivity index (χ1n) is 8.48. The van der Waals surface area contributed by atoms with Gasteiger partial charge in [0.25, 0.3) is 0 Å². The molecule has 1 aliphatic heterocycles. The van der Waals surface area contributed by atoms with Crippen molar-refractivity contribution in [2.45, 2.75) is 39.7 Å². The maximum absolute atomic E-state index is 6.21. The average Bonchev–Trinajstić information content (AvgIpc) is 3.06. The van der Waals surface area contributed by atoms with Crippen molar-refractivity contribution in [3.63, 3.8) is 0 Å². The summed E-state index contributed by atoms with van der Waals surface area (Å²) in [6, 6.07) is 4.12. The summed E-state index contributed by atoms with van der Waals surface area (Å²) in [5, 5.41) is 0. The van der Waals surface area contributed by atoms with E-state index in [1.807, 2.05) is 12.1 Å². The molecule has 1 aliphatic rings. The summed E-state index contributed by atoms with van der Waals surface area (Å²) in [5.41, 5.74) is 6.21. The number of piperidine rings is 1. The van der Waals surface area contributed by atoms with Crippen molar-refractivity contribution >= 4 is 5.96 Å². The molecule has 0 amide bonds. The van der Waals surface area contributed by atoms with E-state index in [-0.39, 0.29) is 6.04 Å². The SMILES string of the molecule is CCN(CC)C(CN=C(N)N1CCC(C)CC1)c1ccco1. The van der Waals surface area contributed by atoms with Crippen LogP contribution >= 0.6 is 0 Å². The van der Waals surface area contributed by atoms with Gasteiger partial charge in [-0.2, -0.15) is 0 Å². The maximum atomic E-state index is 6.21. The second kappa shape index (κ2) is 8.22. The van der Waals surface area contributed by atoms with Crippen molar-refractivity contribution in [3.05, 3.63) is 24.2 Å². The van der Waals surface area contributed by atoms with E-state index in [0.717, 1.165) is 37.9 Å². The minimum atomic E-state index is 0.160. The third-order valence-corrected chi connectivity index (χ3v) is 4.66. The molecule has 1 fully saturated rings. The highest BCUT2D eigenvalue weighted by Crippen LogP contribution is 2.22. The first-order chi connectivity index (χ1) is 10.7. The van der Waals surface area contributed by atoms with Gasteiger partial charge in [0.2, 0.25) is 0 Å². The number of likely N-dealkylation sites (N-methyl/N-ethyl adjacent to an activating group) is 1. The summed E-state index contributed by atoms with van der Waals surface area (Å²) < 4.78 is 5.61. The summed E-state index contributed by atoms with van der Waals surface area (Å²) in [7, 11) is 0. The molecule has 0 aliphatic carbocycles. The predicted octanol–water partition coefficient (Wildman–Crippen LogP) is 2.71. The average molecular weight is 306 g/mol. The fourth-order valence-corrected chi connectivity index (χ4v) is 3.05. The lowest BCUT2D eigenvalue weighted by Gasteiger charge is -2.32. The Morgan fingerprint density at radius 3 is 2.64 bits per heavy atom. The summed E-state index contributed by atoms with van der Waals surface area (Å²) in [4.78, 5) is 9.23. The normalized spacial score (nSPS) is 18.9. The molecule has 0 saturated carbocycles. The van der Waals surface area contributed by atoms with Crippen molar-refractivity contribution in [2.24, 2.45) is 16.6 Å². The van der Waals surface area contributed by atoms with E-state index >= 15 is 0 Å². The van der Waals surface area contributed by atoms with Crippen LogP contribution in [-0.2, 0) is 0 Å². The summed E-state index contributed by atoms with van der Waals surface area (Å²) in [6.45, 7) is 11.3. The van der Waals surface area contributed by atoms with Crippen molar-refractivity contribution in [3.8, 4) is 0 Å². The van der Waals surface area contributed by atoms with E-state index < -0.39 is 0 Å². The molecular weight excluding hydrogens is 276 g/mol. The van der Waals surface area contributed by atoms with E-state index in [1.54, 1.807) is 6.26 Å². The molecule has 5 nitrogen and oxygen atoms in total. The molecule has 5 heteroatoms. The number of likely N-dealkylation sites (tertiary alicyclic amines) is 1. The van der Waals surface area contributed by atoms with E-state index in [0.29, 0.717) is 12.5 Å². The molecule has 0 spiro atoms. The van der Waals surface area contributed by atoms with Crippen LogP contribution in [0.3, 0.4) is 0 Å². The Morgan fingerprint density at radius 2 is 2.09 bits per heavy atom. The Balaban J connectivity index is 2.02. The zero-order valence-corrected chi connectivity index (χ0v) is 14.2. The molecule has 1 unspecified atom stereocenters. The minimum Gasteiger partial charge on any atom is -0.468 e. The first kappa shape index (κ1) is 16.9. The number of guanidine groups is 1. The second-order valence-corrected chi connectivity index (χ2v) is 6.12. The smallest absolute Gasteiger partial charge is 0.191 e. The molecule has 2 heterocycles. The molecule has 22 heavy (non-hydrogen) atoms. The van der Waals surface area contributed by atoms with Crippen LogP contribution in [0.4, 0.5) is 0 Å². The van der Waals surface area contributed by atoms with Gasteiger partial charge in [-0.05, 0) is 44.0 Å². The number of hydrogen-bond donors (Lipinski definition) is 1. The van der Waals surface area contributed by atoms with Gasteiger partial charge in [0.1, 0.15) is 5.76 Å². The van der Waals surface area contributed by atoms with Crippen molar-refractivity contribution in [2.75, 3.05) is 32.7 Å². The highest BCUT2D eigenvalue weighted by atomic mass is 16.3. The highest BCUT2D eigenvalue weighted by molar-refractivity contribution is 5.78. The predicted molar refractivity (Wildman–Crippen MR) is 90.8 cm³/mol. The van der Waals surface area contributed by atoms with E-state index in [4.69, 9.17) is 10.2 Å². The molecule has 2 rings (SSSR count). The minimum absolute atomic E-state index is 0.160. The molecule has 124 valence electrons. The van der Waals surface area contributed by atoms with Crippen LogP contribution in [-0.4, -0.2) is 48.5 Å². The third kappa shape index (κ3) is 4.26. The number of aliphatic imine (C=N–C) groups is 1. The zero-order chi connectivity index (χ0) is 15.9. The van der Waals surface area contributed by atoms with Gasteiger partial charge in [0, 0.05) is 13.1 Å². The summed E-state index contributed by atoms with van der Waals surface area (Å²) in [5.74, 6) is 2.44. The van der Waals surface area contributed by atoms with Crippen molar-refractivity contribution < 1.29 is 4.42 Å². The Bertz CT molecular complexity index is 445. The van der Waals surface area contributed by atoms with Crippen LogP contribution in [0.2, 0.25) is 0 Å². The van der Waals surface area contributed by atoms with E-state index in [1.165, 1.54) is 12.8 Å². The Labute approximate surface area is 134 Å². The lowest BCUT2D eigenvalue weighted by Crippen LogP contribution is -2.43. The number of hydrogen-bond acceptors (Lipinski definition) is 3. The van der Waals surface area contributed by atoms with Crippen LogP contribution in [0.5, 0.6) is 0 Å². The molecule has 0 bridgehead atoms. The fraction of sp³-hybridized carbons (Fsp3) is 0.706. The van der Waals surface area contributed by atoms with Crippen LogP contribution < -0.4 is 5.73 Å². The van der Waals surface area contributed by atoms with Gasteiger partial charge in [0.05, 0.1) is 18.8 Å². The number of rotatable bonds is 6. The van der Waals surface area contributed by atoms with Crippen LogP contribution in [0.15, 0.2) is 27.8 Å². The molecule has 0 aromatic carbocycles. The molecule has 1 aromatic heterocycles. The van der Waals surface area contributed by atoms with Gasteiger partial charge in [-0.25, -0.2) is 0 Å². The lowest BCUT2D eigenvalue weighted by molar-refractivity contribution is 0.197. The van der Waals surface area contributed by atoms with Gasteiger partial charge in [-0.3, -0.25) is 9.89 Å². The molecule has 1 aromatic rings. The number of furan rings is 1. The molecule has 0 radical (unpaired) electrons. The maximum Gasteiger partial charge on any atom is 0.191 e. The fourth-order valence-electron chi connectivity index (χ4n) is 3.05. The van der Waals surface area contributed by atoms with Crippen molar-refractivity contribution in [1.29, 1.82) is 0 Å². The third-order valence-electron chi connectivity index (χ3n) is 4.66. The molecule has 2 N–H and O–H groups in total. The van der Waals surface area contributed by atoms with E-state index in [2.05, 4.69) is 35.6 Å². The van der Waals surface area contributed by atoms with Crippen LogP contribution in [0, 0.1) is 5.92 Å². The van der Waals surface area contributed by atoms with Gasteiger partial charge in [-0.15, -0.1) is 0 Å². The Morgan fingerprint density at radius 1 is 1.41 bits per heavy atom. The van der Waals surface area contributed by atoms with Crippen LogP contribution in [0.25, 0.3) is 0 Å². The molecule has 1 atom stereocenters. The highest BCUT2D eigenvalue weighted by Gasteiger charge is 2.21. The monoisotopic (exact) mass is 306 g/mol. The number of nitrogens with two attached hydrogens (primary N) is 1. The van der Waals surface area contributed by atoms with Crippen molar-refractivity contribution in [1.82, 2.24) is 9.80 Å². The quantitative estimate of drug-likeness (QED) is 0.648. The standard InChI is InChI=1S/C17H30N4O/c1-4-20(5-2)15(16-7-6-12-22-16)13-19-17(18)21-10-8-14(3)9-11-21/h6-7,12,14-15H,4-5,8-11,13H2,1-3H3,(H2,18,19). The van der Waals surface area contributed by atoms with Crippen LogP contribution in [0.1, 0.15) is 45.4 Å². The van der Waals surface area contributed by atoms with Gasteiger partial charge in [0.15, 0.2) is 5.96 Å². The zero-order valence-electron chi connectivity index (χ0n) is 14.2. The van der Waals surface area contributed by atoms with Gasteiger partial charge >= 0.3 is 0 Å². The Hall–Kier alpha value is -1.49. The first-order valence-corrected chi connectivity index (χ1v) is 8.48. The largest absolute Gasteiger partial charge is 0.468 e. The summed E-state index contributed by atoms with van der Waals surface area (Å²) >= 11 is 0. The molecule has 1 saturated heterocycles. The number of nitrogens with zero attached hydrogens (tertiary/aromatic N) is 3. The summed E-state index contributed by atoms with van der Waals surface area (Å²) in [6.07, 6.45) is 4.13. The molecular formula is C17H30N4O. The second-order valence-electron chi connectivity index (χ2n) is 6.12. The Kier molecular flexibility index (Phi) is 6.31. The van der Waals surface area contributed by atoms with Gasteiger partial charge in [-0.1, -0.05) is 20.8 Å².